The van der Waals surface area contributed by atoms with Crippen molar-refractivity contribution in [1.82, 2.24) is 4.98 Å². The number of hydrogen-bond donors (Lipinski definition) is 1. The Hall–Kier alpha value is -1.68. The lowest BCUT2D eigenvalue weighted by atomic mass is 10.2. The van der Waals surface area contributed by atoms with Gasteiger partial charge in [0.05, 0.1) is 5.01 Å². The molecule has 0 bridgehead atoms. The van der Waals surface area contributed by atoms with Gasteiger partial charge in [-0.15, -0.1) is 11.3 Å². The Morgan fingerprint density at radius 3 is 2.35 bits per heavy atom. The number of benzene rings is 1. The highest BCUT2D eigenvalue weighted by molar-refractivity contribution is 7.11. The van der Waals surface area contributed by atoms with Crippen molar-refractivity contribution in [3.63, 3.8) is 0 Å². The van der Waals surface area contributed by atoms with Crippen LogP contribution in [0.25, 0.3) is 0 Å². The maximum Gasteiger partial charge on any atom is 0.275 e. The number of nitrogens with zero attached hydrogens (tertiary/aromatic N) is 1. The van der Waals surface area contributed by atoms with Gasteiger partial charge in [0.1, 0.15) is 5.69 Å². The SMILES string of the molecule is Cc1ccc(NC(=O)c2nc(C)sc2C)cc1. The van der Waals surface area contributed by atoms with Gasteiger partial charge >= 0.3 is 0 Å². The van der Waals surface area contributed by atoms with E-state index in [-0.39, 0.29) is 5.91 Å². The standard InChI is InChI=1S/C13H14N2OS/c1-8-4-6-11(7-5-8)15-13(16)12-9(2)17-10(3)14-12/h4-7H,1-3H3,(H,15,16). The maximum atomic E-state index is 12.0. The van der Waals surface area contributed by atoms with Gasteiger partial charge < -0.3 is 5.32 Å². The molecule has 2 aromatic rings. The molecule has 0 spiro atoms. The molecule has 17 heavy (non-hydrogen) atoms. The van der Waals surface area contributed by atoms with Crippen LogP contribution in [0.2, 0.25) is 0 Å². The number of carbonyl (C=O) groups excluding carboxylic acids is 1. The summed E-state index contributed by atoms with van der Waals surface area (Å²) in [5.74, 6) is -0.143. The second-order valence-corrected chi connectivity index (χ2v) is 5.37. The Kier molecular flexibility index (Phi) is 3.24. The van der Waals surface area contributed by atoms with Crippen LogP contribution in [-0.4, -0.2) is 10.9 Å². The minimum absolute atomic E-state index is 0.143. The van der Waals surface area contributed by atoms with E-state index < -0.39 is 0 Å². The summed E-state index contributed by atoms with van der Waals surface area (Å²) in [7, 11) is 0. The molecule has 0 unspecified atom stereocenters. The lowest BCUT2D eigenvalue weighted by Crippen LogP contribution is -2.13. The minimum Gasteiger partial charge on any atom is -0.321 e. The summed E-state index contributed by atoms with van der Waals surface area (Å²) >= 11 is 1.54. The number of nitrogens with one attached hydrogen (secondary N) is 1. The molecule has 88 valence electrons. The van der Waals surface area contributed by atoms with Gasteiger partial charge in [0.25, 0.3) is 5.91 Å². The number of amides is 1. The van der Waals surface area contributed by atoms with Crippen LogP contribution in [0.3, 0.4) is 0 Å². The average molecular weight is 246 g/mol. The molecular formula is C13H14N2OS. The van der Waals surface area contributed by atoms with Gasteiger partial charge in [0.2, 0.25) is 0 Å². The largest absolute Gasteiger partial charge is 0.321 e. The van der Waals surface area contributed by atoms with Crippen LogP contribution in [0.5, 0.6) is 0 Å². The second-order valence-electron chi connectivity index (χ2n) is 3.96. The van der Waals surface area contributed by atoms with Crippen LogP contribution in [-0.2, 0) is 0 Å². The van der Waals surface area contributed by atoms with E-state index in [1.54, 1.807) is 0 Å². The number of aromatic nitrogens is 1. The van der Waals surface area contributed by atoms with Crippen molar-refractivity contribution < 1.29 is 4.79 Å². The summed E-state index contributed by atoms with van der Waals surface area (Å²) < 4.78 is 0. The molecule has 0 fully saturated rings. The van der Waals surface area contributed by atoms with E-state index in [1.807, 2.05) is 45.0 Å². The molecule has 1 aromatic carbocycles. The fourth-order valence-corrected chi connectivity index (χ4v) is 2.38. The van der Waals surface area contributed by atoms with E-state index in [1.165, 1.54) is 16.9 Å². The summed E-state index contributed by atoms with van der Waals surface area (Å²) in [6, 6.07) is 7.72. The lowest BCUT2D eigenvalue weighted by Gasteiger charge is -2.04. The highest BCUT2D eigenvalue weighted by atomic mass is 32.1. The highest BCUT2D eigenvalue weighted by Crippen LogP contribution is 2.18. The predicted octanol–water partition coefficient (Wildman–Crippen LogP) is 3.32. The number of anilines is 1. The van der Waals surface area contributed by atoms with Crippen molar-refractivity contribution in [3.8, 4) is 0 Å². The molecule has 0 atom stereocenters. The minimum atomic E-state index is -0.143. The average Bonchev–Trinajstić information content (AvgIpc) is 2.61. The molecule has 3 nitrogen and oxygen atoms in total. The van der Waals surface area contributed by atoms with Gasteiger partial charge in [0.15, 0.2) is 0 Å². The van der Waals surface area contributed by atoms with Crippen LogP contribution in [0.4, 0.5) is 5.69 Å². The summed E-state index contributed by atoms with van der Waals surface area (Å²) in [4.78, 5) is 17.1. The van der Waals surface area contributed by atoms with E-state index in [9.17, 15) is 4.79 Å². The van der Waals surface area contributed by atoms with Crippen LogP contribution in [0.1, 0.15) is 25.9 Å². The molecule has 0 saturated carbocycles. The molecular weight excluding hydrogens is 232 g/mol. The Morgan fingerprint density at radius 2 is 1.82 bits per heavy atom. The Morgan fingerprint density at radius 1 is 1.18 bits per heavy atom. The predicted molar refractivity (Wildman–Crippen MR) is 70.7 cm³/mol. The Labute approximate surface area is 105 Å². The van der Waals surface area contributed by atoms with Crippen LogP contribution >= 0.6 is 11.3 Å². The number of rotatable bonds is 2. The van der Waals surface area contributed by atoms with E-state index in [2.05, 4.69) is 10.3 Å². The van der Waals surface area contributed by atoms with Gasteiger partial charge in [0, 0.05) is 10.6 Å². The molecule has 0 aliphatic rings. The molecule has 0 saturated heterocycles. The van der Waals surface area contributed by atoms with Gasteiger partial charge in [-0.3, -0.25) is 4.79 Å². The molecule has 1 N–H and O–H groups in total. The molecule has 0 radical (unpaired) electrons. The summed E-state index contributed by atoms with van der Waals surface area (Å²) in [6.07, 6.45) is 0. The monoisotopic (exact) mass is 246 g/mol. The van der Waals surface area contributed by atoms with E-state index in [0.717, 1.165) is 15.6 Å². The zero-order chi connectivity index (χ0) is 12.4. The number of carbonyl (C=O) groups is 1. The second kappa shape index (κ2) is 4.67. The van der Waals surface area contributed by atoms with Crippen molar-refractivity contribution in [2.45, 2.75) is 20.8 Å². The van der Waals surface area contributed by atoms with E-state index in [4.69, 9.17) is 0 Å². The fourth-order valence-electron chi connectivity index (χ4n) is 1.57. The fraction of sp³-hybridized carbons (Fsp3) is 0.231. The van der Waals surface area contributed by atoms with Crippen molar-refractivity contribution >= 4 is 22.9 Å². The Bertz CT molecular complexity index is 543. The maximum absolute atomic E-state index is 12.0. The third kappa shape index (κ3) is 2.71. The van der Waals surface area contributed by atoms with Crippen LogP contribution in [0.15, 0.2) is 24.3 Å². The molecule has 0 aliphatic heterocycles. The zero-order valence-electron chi connectivity index (χ0n) is 10.1. The lowest BCUT2D eigenvalue weighted by molar-refractivity contribution is 0.102. The first kappa shape index (κ1) is 11.8. The molecule has 1 heterocycles. The van der Waals surface area contributed by atoms with Crippen molar-refractivity contribution in [2.75, 3.05) is 5.32 Å². The molecule has 4 heteroatoms. The Balaban J connectivity index is 2.17. The zero-order valence-corrected chi connectivity index (χ0v) is 10.9. The van der Waals surface area contributed by atoms with Crippen LogP contribution < -0.4 is 5.32 Å². The molecule has 0 aliphatic carbocycles. The third-order valence-corrected chi connectivity index (χ3v) is 3.31. The van der Waals surface area contributed by atoms with Crippen molar-refractivity contribution in [1.29, 1.82) is 0 Å². The highest BCUT2D eigenvalue weighted by Gasteiger charge is 2.13. The molecule has 2 rings (SSSR count). The normalized spacial score (nSPS) is 10.3. The van der Waals surface area contributed by atoms with E-state index in [0.29, 0.717) is 5.69 Å². The topological polar surface area (TPSA) is 42.0 Å². The van der Waals surface area contributed by atoms with Gasteiger partial charge in [-0.25, -0.2) is 4.98 Å². The summed E-state index contributed by atoms with van der Waals surface area (Å²) in [5.41, 5.74) is 2.49. The summed E-state index contributed by atoms with van der Waals surface area (Å²) in [6.45, 7) is 5.83. The first-order chi connectivity index (χ1) is 8.06. The van der Waals surface area contributed by atoms with Gasteiger partial charge in [-0.1, -0.05) is 17.7 Å². The quantitative estimate of drug-likeness (QED) is 0.883. The van der Waals surface area contributed by atoms with Gasteiger partial charge in [-0.05, 0) is 32.9 Å². The van der Waals surface area contributed by atoms with Crippen LogP contribution in [0, 0.1) is 20.8 Å². The smallest absolute Gasteiger partial charge is 0.275 e. The molecule has 1 amide bonds. The third-order valence-electron chi connectivity index (χ3n) is 2.43. The number of hydrogen-bond acceptors (Lipinski definition) is 3. The number of thiazole rings is 1. The first-order valence-electron chi connectivity index (χ1n) is 5.38. The van der Waals surface area contributed by atoms with Crippen molar-refractivity contribution in [3.05, 3.63) is 45.4 Å². The van der Waals surface area contributed by atoms with Gasteiger partial charge in [-0.2, -0.15) is 0 Å². The molecule has 1 aromatic heterocycles. The first-order valence-corrected chi connectivity index (χ1v) is 6.20. The van der Waals surface area contributed by atoms with Crippen molar-refractivity contribution in [2.24, 2.45) is 0 Å². The van der Waals surface area contributed by atoms with E-state index >= 15 is 0 Å². The summed E-state index contributed by atoms with van der Waals surface area (Å²) in [5, 5.41) is 3.76. The number of aryl methyl sites for hydroxylation is 3.